The van der Waals surface area contributed by atoms with Gasteiger partial charge in [0.2, 0.25) is 0 Å². The fraction of sp³-hybridized carbons (Fsp3) is 1.00. The maximum Gasteiger partial charge on any atom is 0.523 e. The Balaban J connectivity index is 2.42. The smallest absolute Gasteiger partial charge is 0.373 e. The molecule has 0 aliphatic carbocycles. The van der Waals surface area contributed by atoms with E-state index in [4.69, 9.17) is 4.74 Å². The van der Waals surface area contributed by atoms with Gasteiger partial charge in [-0.3, -0.25) is 4.18 Å². The van der Waals surface area contributed by atoms with Crippen LogP contribution in [-0.4, -0.2) is 32.7 Å². The lowest BCUT2D eigenvalue weighted by Gasteiger charge is -2.13. The maximum absolute atomic E-state index is 11.9. The van der Waals surface area contributed by atoms with Crippen molar-refractivity contribution in [3.63, 3.8) is 0 Å². The lowest BCUT2D eigenvalue weighted by molar-refractivity contribution is -0.0584. The molecule has 1 saturated heterocycles. The third-order valence-corrected chi connectivity index (χ3v) is 3.36. The van der Waals surface area contributed by atoms with Crippen molar-refractivity contribution in [2.75, 3.05) is 6.61 Å². The van der Waals surface area contributed by atoms with Crippen LogP contribution in [-0.2, 0) is 19.0 Å². The van der Waals surface area contributed by atoms with Gasteiger partial charge in [-0.15, -0.1) is 0 Å². The first kappa shape index (κ1) is 13.7. The zero-order chi connectivity index (χ0) is 12.4. The van der Waals surface area contributed by atoms with E-state index < -0.39 is 28.3 Å². The Labute approximate surface area is 91.8 Å². The summed E-state index contributed by atoms with van der Waals surface area (Å²) in [4.78, 5) is 0. The second-order valence-electron chi connectivity index (χ2n) is 3.55. The zero-order valence-electron chi connectivity index (χ0n) is 8.66. The molecule has 1 fully saturated rings. The Morgan fingerprint density at radius 2 is 1.88 bits per heavy atom. The van der Waals surface area contributed by atoms with Gasteiger partial charge in [0.15, 0.2) is 0 Å². The number of halogens is 3. The van der Waals surface area contributed by atoms with Gasteiger partial charge in [0, 0.05) is 0 Å². The Morgan fingerprint density at radius 1 is 1.31 bits per heavy atom. The Morgan fingerprint density at radius 3 is 2.31 bits per heavy atom. The van der Waals surface area contributed by atoms with Gasteiger partial charge in [-0.2, -0.15) is 21.6 Å². The van der Waals surface area contributed by atoms with E-state index in [9.17, 15) is 21.6 Å². The van der Waals surface area contributed by atoms with Crippen LogP contribution in [0, 0.1) is 0 Å². The van der Waals surface area contributed by atoms with Crippen LogP contribution in [0.3, 0.4) is 0 Å². The minimum Gasteiger partial charge on any atom is -0.373 e. The van der Waals surface area contributed by atoms with Crippen molar-refractivity contribution in [1.29, 1.82) is 0 Å². The van der Waals surface area contributed by atoms with Gasteiger partial charge in [0.05, 0.1) is 18.8 Å². The molecule has 0 aromatic carbocycles. The number of hydrogen-bond donors (Lipinski definition) is 0. The van der Waals surface area contributed by atoms with Crippen molar-refractivity contribution < 1.29 is 30.5 Å². The summed E-state index contributed by atoms with van der Waals surface area (Å²) >= 11 is 0. The molecule has 1 aliphatic rings. The predicted octanol–water partition coefficient (Wildman–Crippen LogP) is 1.81. The summed E-state index contributed by atoms with van der Waals surface area (Å²) in [5.41, 5.74) is -5.37. The molecule has 0 amide bonds. The van der Waals surface area contributed by atoms with Crippen molar-refractivity contribution in [2.45, 2.75) is 43.9 Å². The van der Waals surface area contributed by atoms with Crippen molar-refractivity contribution in [3.05, 3.63) is 0 Å². The van der Waals surface area contributed by atoms with Gasteiger partial charge < -0.3 is 4.74 Å². The molecule has 4 nitrogen and oxygen atoms in total. The van der Waals surface area contributed by atoms with E-state index >= 15 is 0 Å². The van der Waals surface area contributed by atoms with Gasteiger partial charge in [-0.05, 0) is 19.3 Å². The molecule has 0 radical (unpaired) electrons. The van der Waals surface area contributed by atoms with Crippen molar-refractivity contribution >= 4 is 10.1 Å². The molecule has 96 valence electrons. The monoisotopic (exact) mass is 262 g/mol. The van der Waals surface area contributed by atoms with Crippen molar-refractivity contribution in [1.82, 2.24) is 0 Å². The summed E-state index contributed by atoms with van der Waals surface area (Å²) in [5, 5.41) is 0. The third-order valence-electron chi connectivity index (χ3n) is 2.34. The normalized spacial score (nSPS) is 27.2. The van der Waals surface area contributed by atoms with E-state index in [1.54, 1.807) is 0 Å². The number of rotatable bonds is 4. The van der Waals surface area contributed by atoms with Gasteiger partial charge >= 0.3 is 15.6 Å². The van der Waals surface area contributed by atoms with E-state index in [2.05, 4.69) is 4.18 Å². The highest BCUT2D eigenvalue weighted by Crippen LogP contribution is 2.27. The molecule has 0 aromatic heterocycles. The van der Waals surface area contributed by atoms with Gasteiger partial charge in [-0.1, -0.05) is 6.92 Å². The largest absolute Gasteiger partial charge is 0.523 e. The van der Waals surface area contributed by atoms with Crippen LogP contribution in [0.2, 0.25) is 0 Å². The SMILES string of the molecule is CC[C@@H]1CC[C@H](COS(=O)(=O)C(F)(F)F)O1. The minimum atomic E-state index is -5.49. The predicted molar refractivity (Wildman–Crippen MR) is 49.1 cm³/mol. The molecule has 1 heterocycles. The summed E-state index contributed by atoms with van der Waals surface area (Å²) in [6.45, 7) is 1.32. The minimum absolute atomic E-state index is 0.0119. The zero-order valence-corrected chi connectivity index (χ0v) is 9.47. The first-order chi connectivity index (χ1) is 7.26. The first-order valence-electron chi connectivity index (χ1n) is 4.87. The van der Waals surface area contributed by atoms with Crippen LogP contribution in [0.15, 0.2) is 0 Å². The van der Waals surface area contributed by atoms with Gasteiger partial charge in [0.1, 0.15) is 0 Å². The molecule has 0 aromatic rings. The van der Waals surface area contributed by atoms with Gasteiger partial charge in [-0.25, -0.2) is 0 Å². The number of hydrogen-bond acceptors (Lipinski definition) is 4. The first-order valence-corrected chi connectivity index (χ1v) is 6.28. The standard InChI is InChI=1S/C8H13F3O4S/c1-2-6-3-4-7(15-6)5-14-16(12,13)8(9,10)11/h6-7H,2-5H2,1H3/t6-,7-/m1/s1. The lowest BCUT2D eigenvalue weighted by Crippen LogP contribution is -2.29. The molecule has 8 heteroatoms. The topological polar surface area (TPSA) is 52.6 Å². The molecule has 0 saturated carbocycles. The highest BCUT2D eigenvalue weighted by molar-refractivity contribution is 7.87. The molecule has 16 heavy (non-hydrogen) atoms. The van der Waals surface area contributed by atoms with Crippen LogP contribution in [0.1, 0.15) is 26.2 Å². The summed E-state index contributed by atoms with van der Waals surface area (Å²) < 4.78 is 66.0. The third kappa shape index (κ3) is 3.33. The molecule has 0 N–H and O–H groups in total. The van der Waals surface area contributed by atoms with Crippen molar-refractivity contribution in [3.8, 4) is 0 Å². The van der Waals surface area contributed by atoms with E-state index in [1.807, 2.05) is 6.92 Å². The molecule has 0 unspecified atom stereocenters. The van der Waals surface area contributed by atoms with Crippen LogP contribution in [0.25, 0.3) is 0 Å². The summed E-state index contributed by atoms with van der Waals surface area (Å²) in [6.07, 6.45) is 1.41. The molecule has 0 spiro atoms. The quantitative estimate of drug-likeness (QED) is 0.572. The average molecular weight is 262 g/mol. The van der Waals surface area contributed by atoms with E-state index in [0.29, 0.717) is 6.42 Å². The second kappa shape index (κ2) is 4.89. The molecular weight excluding hydrogens is 249 g/mol. The maximum atomic E-state index is 11.9. The number of alkyl halides is 3. The van der Waals surface area contributed by atoms with E-state index in [1.165, 1.54) is 0 Å². The van der Waals surface area contributed by atoms with E-state index in [-0.39, 0.29) is 6.10 Å². The van der Waals surface area contributed by atoms with Crippen molar-refractivity contribution in [2.24, 2.45) is 0 Å². The van der Waals surface area contributed by atoms with Crippen LogP contribution in [0.4, 0.5) is 13.2 Å². The molecule has 1 aliphatic heterocycles. The van der Waals surface area contributed by atoms with E-state index in [0.717, 1.165) is 12.8 Å². The number of ether oxygens (including phenoxy) is 1. The highest BCUT2D eigenvalue weighted by Gasteiger charge is 2.47. The second-order valence-corrected chi connectivity index (χ2v) is 5.16. The summed E-state index contributed by atoms with van der Waals surface area (Å²) in [5.74, 6) is 0. The highest BCUT2D eigenvalue weighted by atomic mass is 32.2. The van der Waals surface area contributed by atoms with Gasteiger partial charge in [0.25, 0.3) is 0 Å². The Bertz CT molecular complexity index is 325. The Kier molecular flexibility index (Phi) is 4.19. The summed E-state index contributed by atoms with van der Waals surface area (Å²) in [6, 6.07) is 0. The molecular formula is C8H13F3O4S. The van der Waals surface area contributed by atoms with Crippen LogP contribution >= 0.6 is 0 Å². The summed E-state index contributed by atoms with van der Waals surface area (Å²) in [7, 11) is -5.49. The Hall–Kier alpha value is -0.340. The fourth-order valence-corrected chi connectivity index (χ4v) is 1.90. The average Bonchev–Trinajstić information content (AvgIpc) is 2.60. The molecule has 2 atom stereocenters. The lowest BCUT2D eigenvalue weighted by atomic mass is 10.2. The molecule has 1 rings (SSSR count). The van der Waals surface area contributed by atoms with Crippen LogP contribution in [0.5, 0.6) is 0 Å². The fourth-order valence-electron chi connectivity index (χ4n) is 1.44. The van der Waals surface area contributed by atoms with Crippen LogP contribution < -0.4 is 0 Å². The molecule has 0 bridgehead atoms.